The van der Waals surface area contributed by atoms with Crippen molar-refractivity contribution in [1.29, 1.82) is 0 Å². The number of piperidine rings is 1. The number of hydrogen-bond donors (Lipinski definition) is 0. The molecule has 1 fully saturated rings. The first-order chi connectivity index (χ1) is 13.8. The predicted octanol–water partition coefficient (Wildman–Crippen LogP) is 3.32. The van der Waals surface area contributed by atoms with Crippen LogP contribution in [0.3, 0.4) is 0 Å². The van der Waals surface area contributed by atoms with Gasteiger partial charge in [-0.2, -0.15) is 0 Å². The minimum Gasteiger partial charge on any atom is -0.341 e. The zero-order valence-corrected chi connectivity index (χ0v) is 15.7. The Kier molecular flexibility index (Phi) is 4.31. The molecule has 0 radical (unpaired) electrons. The first kappa shape index (κ1) is 17.0. The van der Waals surface area contributed by atoms with Crippen LogP contribution >= 0.6 is 0 Å². The van der Waals surface area contributed by atoms with Gasteiger partial charge in [0.15, 0.2) is 0 Å². The summed E-state index contributed by atoms with van der Waals surface area (Å²) in [6, 6.07) is 16.2. The molecule has 0 bridgehead atoms. The second-order valence-corrected chi connectivity index (χ2v) is 7.57. The van der Waals surface area contributed by atoms with Gasteiger partial charge in [0, 0.05) is 19.6 Å². The summed E-state index contributed by atoms with van der Waals surface area (Å²) in [5.41, 5.74) is 4.18. The molecular formula is C22H23N5O. The van der Waals surface area contributed by atoms with E-state index in [2.05, 4.69) is 26.7 Å². The molecule has 1 aliphatic heterocycles. The van der Waals surface area contributed by atoms with Gasteiger partial charge in [0.1, 0.15) is 6.54 Å². The van der Waals surface area contributed by atoms with E-state index in [0.29, 0.717) is 12.5 Å². The number of fused-ring (bicyclic) bond motifs is 2. The van der Waals surface area contributed by atoms with E-state index in [1.165, 1.54) is 5.52 Å². The molecule has 2 aromatic heterocycles. The Bertz CT molecular complexity index is 1120. The van der Waals surface area contributed by atoms with Gasteiger partial charge in [0.25, 0.3) is 0 Å². The summed E-state index contributed by atoms with van der Waals surface area (Å²) in [5.74, 6) is 0.755. The number of imidazole rings is 2. The lowest BCUT2D eigenvalue weighted by Crippen LogP contribution is -2.40. The molecule has 2 aromatic carbocycles. The molecular weight excluding hydrogens is 350 g/mol. The van der Waals surface area contributed by atoms with E-state index in [9.17, 15) is 4.79 Å². The Morgan fingerprint density at radius 2 is 1.43 bits per heavy atom. The normalized spacial score (nSPS) is 15.5. The lowest BCUT2D eigenvalue weighted by Gasteiger charge is -2.32. The van der Waals surface area contributed by atoms with Gasteiger partial charge < -0.3 is 14.0 Å². The van der Waals surface area contributed by atoms with E-state index in [1.807, 2.05) is 52.2 Å². The predicted molar refractivity (Wildman–Crippen MR) is 109 cm³/mol. The number of hydrogen-bond acceptors (Lipinski definition) is 3. The van der Waals surface area contributed by atoms with Crippen LogP contribution in [0.5, 0.6) is 0 Å². The summed E-state index contributed by atoms with van der Waals surface area (Å²) in [5, 5.41) is 0. The quantitative estimate of drug-likeness (QED) is 0.551. The topological polar surface area (TPSA) is 56.0 Å². The molecule has 1 saturated heterocycles. The fraction of sp³-hybridized carbons (Fsp3) is 0.318. The number of carbonyl (C=O) groups is 1. The molecule has 0 unspecified atom stereocenters. The monoisotopic (exact) mass is 373 g/mol. The number of para-hydroxylation sites is 4. The van der Waals surface area contributed by atoms with Gasteiger partial charge in [-0.15, -0.1) is 0 Å². The third kappa shape index (κ3) is 3.15. The number of likely N-dealkylation sites (tertiary alicyclic amines) is 1. The summed E-state index contributed by atoms with van der Waals surface area (Å²) < 4.78 is 4.19. The average Bonchev–Trinajstić information content (AvgIpc) is 3.33. The van der Waals surface area contributed by atoms with Crippen molar-refractivity contribution < 1.29 is 4.79 Å². The summed E-state index contributed by atoms with van der Waals surface area (Å²) in [6.45, 7) is 2.97. The molecule has 1 aliphatic rings. The van der Waals surface area contributed by atoms with Crippen molar-refractivity contribution in [2.45, 2.75) is 25.9 Å². The Morgan fingerprint density at radius 1 is 0.857 bits per heavy atom. The van der Waals surface area contributed by atoms with Crippen molar-refractivity contribution in [1.82, 2.24) is 24.0 Å². The maximum absolute atomic E-state index is 12.8. The Labute approximate surface area is 163 Å². The van der Waals surface area contributed by atoms with E-state index in [-0.39, 0.29) is 5.91 Å². The first-order valence-corrected chi connectivity index (χ1v) is 9.85. The molecule has 6 heteroatoms. The Balaban J connectivity index is 1.20. The standard InChI is InChI=1S/C22H23N5O/c28-22(14-27-16-24-19-6-2-4-8-21(19)27)25-11-9-17(10-12-25)13-26-15-23-18-5-1-3-7-20(18)26/h1-8,15-17H,9-14H2. The second kappa shape index (κ2) is 7.11. The molecule has 0 aliphatic carbocycles. The highest BCUT2D eigenvalue weighted by Gasteiger charge is 2.23. The number of nitrogens with zero attached hydrogens (tertiary/aromatic N) is 5. The summed E-state index contributed by atoms with van der Waals surface area (Å²) in [7, 11) is 0. The maximum atomic E-state index is 12.8. The van der Waals surface area contributed by atoms with Crippen molar-refractivity contribution in [2.75, 3.05) is 13.1 Å². The minimum atomic E-state index is 0.176. The lowest BCUT2D eigenvalue weighted by atomic mass is 9.96. The largest absolute Gasteiger partial charge is 0.341 e. The van der Waals surface area contributed by atoms with Crippen LogP contribution < -0.4 is 0 Å². The molecule has 28 heavy (non-hydrogen) atoms. The molecule has 0 atom stereocenters. The second-order valence-electron chi connectivity index (χ2n) is 7.57. The third-order valence-electron chi connectivity index (χ3n) is 5.78. The van der Waals surface area contributed by atoms with Crippen molar-refractivity contribution in [2.24, 2.45) is 5.92 Å². The van der Waals surface area contributed by atoms with Crippen molar-refractivity contribution in [3.8, 4) is 0 Å². The zero-order valence-electron chi connectivity index (χ0n) is 15.7. The van der Waals surface area contributed by atoms with E-state index in [0.717, 1.165) is 49.0 Å². The SMILES string of the molecule is O=C(Cn1cnc2ccccc21)N1CCC(Cn2cnc3ccccc32)CC1. The van der Waals surface area contributed by atoms with Crippen LogP contribution in [0.2, 0.25) is 0 Å². The van der Waals surface area contributed by atoms with Crippen LogP contribution in [0.15, 0.2) is 61.2 Å². The van der Waals surface area contributed by atoms with Crippen molar-refractivity contribution in [3.05, 3.63) is 61.2 Å². The molecule has 6 nitrogen and oxygen atoms in total. The molecule has 0 spiro atoms. The molecule has 0 N–H and O–H groups in total. The number of carbonyl (C=O) groups excluding carboxylic acids is 1. The van der Waals surface area contributed by atoms with Crippen LogP contribution in [0.1, 0.15) is 12.8 Å². The van der Waals surface area contributed by atoms with Crippen LogP contribution in [-0.4, -0.2) is 43.0 Å². The maximum Gasteiger partial charge on any atom is 0.242 e. The number of aromatic nitrogens is 4. The van der Waals surface area contributed by atoms with Gasteiger partial charge in [0.05, 0.1) is 34.7 Å². The molecule has 0 saturated carbocycles. The van der Waals surface area contributed by atoms with Crippen LogP contribution in [0, 0.1) is 5.92 Å². The molecule has 1 amide bonds. The van der Waals surface area contributed by atoms with Gasteiger partial charge in [-0.3, -0.25) is 4.79 Å². The summed E-state index contributed by atoms with van der Waals surface area (Å²) in [6.07, 6.45) is 5.76. The van der Waals surface area contributed by atoms with Crippen LogP contribution in [0.25, 0.3) is 22.1 Å². The summed E-state index contributed by atoms with van der Waals surface area (Å²) >= 11 is 0. The minimum absolute atomic E-state index is 0.176. The molecule has 142 valence electrons. The van der Waals surface area contributed by atoms with Gasteiger partial charge in [-0.25, -0.2) is 9.97 Å². The summed E-state index contributed by atoms with van der Waals surface area (Å²) in [4.78, 5) is 23.6. The van der Waals surface area contributed by atoms with Gasteiger partial charge >= 0.3 is 0 Å². The van der Waals surface area contributed by atoms with E-state index >= 15 is 0 Å². The highest BCUT2D eigenvalue weighted by Crippen LogP contribution is 2.22. The highest BCUT2D eigenvalue weighted by atomic mass is 16.2. The highest BCUT2D eigenvalue weighted by molar-refractivity contribution is 5.80. The van der Waals surface area contributed by atoms with E-state index in [1.54, 1.807) is 6.33 Å². The number of benzene rings is 2. The Morgan fingerprint density at radius 3 is 2.11 bits per heavy atom. The lowest BCUT2D eigenvalue weighted by molar-refractivity contribution is -0.133. The first-order valence-electron chi connectivity index (χ1n) is 9.85. The van der Waals surface area contributed by atoms with Crippen LogP contribution in [-0.2, 0) is 17.9 Å². The number of rotatable bonds is 4. The van der Waals surface area contributed by atoms with Crippen LogP contribution in [0.4, 0.5) is 0 Å². The Hall–Kier alpha value is -3.15. The molecule has 5 rings (SSSR count). The van der Waals surface area contributed by atoms with Gasteiger partial charge in [-0.1, -0.05) is 24.3 Å². The molecule has 3 heterocycles. The fourth-order valence-corrected chi connectivity index (χ4v) is 4.18. The number of amides is 1. The third-order valence-corrected chi connectivity index (χ3v) is 5.78. The van der Waals surface area contributed by atoms with E-state index < -0.39 is 0 Å². The zero-order chi connectivity index (χ0) is 18.9. The molecule has 4 aromatic rings. The fourth-order valence-electron chi connectivity index (χ4n) is 4.18. The van der Waals surface area contributed by atoms with Gasteiger partial charge in [-0.05, 0) is 43.0 Å². The van der Waals surface area contributed by atoms with Gasteiger partial charge in [0.2, 0.25) is 5.91 Å². The van der Waals surface area contributed by atoms with Crippen molar-refractivity contribution in [3.63, 3.8) is 0 Å². The average molecular weight is 373 g/mol. The van der Waals surface area contributed by atoms with Crippen molar-refractivity contribution >= 4 is 28.0 Å². The van der Waals surface area contributed by atoms with E-state index in [4.69, 9.17) is 0 Å². The smallest absolute Gasteiger partial charge is 0.242 e.